The van der Waals surface area contributed by atoms with Gasteiger partial charge in [0.05, 0.1) is 12.0 Å². The molecule has 0 saturated heterocycles. The third kappa shape index (κ3) is 4.59. The van der Waals surface area contributed by atoms with E-state index in [0.717, 1.165) is 11.3 Å². The smallest absolute Gasteiger partial charge is 0.241 e. The number of nitrogens with one attached hydrogen (secondary N) is 1. The predicted octanol–water partition coefficient (Wildman–Crippen LogP) is 3.87. The van der Waals surface area contributed by atoms with Crippen LogP contribution in [0.15, 0.2) is 69.1 Å². The van der Waals surface area contributed by atoms with E-state index in [-0.39, 0.29) is 15.6 Å². The molecule has 0 aliphatic carbocycles. The number of sulfonamides is 1. The molecule has 160 valence electrons. The number of ether oxygens (including phenoxy) is 1. The number of benzene rings is 2. The van der Waals surface area contributed by atoms with E-state index in [4.69, 9.17) is 4.74 Å². The molecule has 0 aliphatic rings. The van der Waals surface area contributed by atoms with Crippen molar-refractivity contribution in [1.82, 2.24) is 4.72 Å². The Hall–Kier alpha value is -2.20. The number of aryl methyl sites for hydroxylation is 2. The summed E-state index contributed by atoms with van der Waals surface area (Å²) in [6.07, 6.45) is 0. The lowest BCUT2D eigenvalue weighted by Crippen LogP contribution is -2.32. The molecule has 0 radical (unpaired) electrons. The highest BCUT2D eigenvalue weighted by Crippen LogP contribution is 2.32. The van der Waals surface area contributed by atoms with E-state index in [1.165, 1.54) is 13.2 Å². The average Bonchev–Trinajstić information content (AvgIpc) is 3.23. The number of rotatable bonds is 8. The van der Waals surface area contributed by atoms with Crippen LogP contribution in [0, 0.1) is 13.8 Å². The van der Waals surface area contributed by atoms with Crippen LogP contribution in [0.1, 0.15) is 21.9 Å². The maximum atomic E-state index is 13.2. The first-order valence-corrected chi connectivity index (χ1v) is 13.0. The second-order valence-electron chi connectivity index (χ2n) is 6.82. The molecule has 0 fully saturated rings. The van der Waals surface area contributed by atoms with Crippen molar-refractivity contribution in [2.24, 2.45) is 0 Å². The summed E-state index contributed by atoms with van der Waals surface area (Å²) in [5.74, 6) is 0.561. The van der Waals surface area contributed by atoms with Crippen LogP contribution < -0.4 is 9.46 Å². The Morgan fingerprint density at radius 3 is 2.13 bits per heavy atom. The largest absolute Gasteiger partial charge is 0.497 e. The molecule has 30 heavy (non-hydrogen) atoms. The van der Waals surface area contributed by atoms with E-state index in [1.54, 1.807) is 67.8 Å². The molecular formula is C21H23NO5S3. The molecule has 9 heteroatoms. The van der Waals surface area contributed by atoms with Crippen molar-refractivity contribution in [2.75, 3.05) is 13.7 Å². The van der Waals surface area contributed by atoms with Crippen molar-refractivity contribution in [2.45, 2.75) is 28.2 Å². The minimum Gasteiger partial charge on any atom is -0.497 e. The lowest BCUT2D eigenvalue weighted by molar-refractivity contribution is 0.413. The van der Waals surface area contributed by atoms with Gasteiger partial charge in [-0.15, -0.1) is 11.3 Å². The highest BCUT2D eigenvalue weighted by molar-refractivity contribution is 7.93. The fourth-order valence-corrected chi connectivity index (χ4v) is 7.82. The Labute approximate surface area is 181 Å². The Kier molecular flexibility index (Phi) is 6.66. The molecule has 3 aromatic rings. The van der Waals surface area contributed by atoms with Crippen molar-refractivity contribution in [3.05, 3.63) is 76.7 Å². The van der Waals surface area contributed by atoms with Gasteiger partial charge in [-0.05, 0) is 54.1 Å². The van der Waals surface area contributed by atoms with Crippen LogP contribution in [-0.2, 0) is 19.9 Å². The lowest BCUT2D eigenvalue weighted by Gasteiger charge is -2.19. The molecule has 0 unspecified atom stereocenters. The van der Waals surface area contributed by atoms with Crippen molar-refractivity contribution in [1.29, 1.82) is 0 Å². The monoisotopic (exact) mass is 465 g/mol. The normalized spacial score (nSPS) is 13.2. The molecule has 0 spiro atoms. The van der Waals surface area contributed by atoms with E-state index in [1.807, 2.05) is 0 Å². The van der Waals surface area contributed by atoms with Crippen LogP contribution in [0.4, 0.5) is 0 Å². The first kappa shape index (κ1) is 22.5. The Morgan fingerprint density at radius 1 is 0.967 bits per heavy atom. The molecular weight excluding hydrogens is 442 g/mol. The first-order valence-electron chi connectivity index (χ1n) is 9.14. The third-order valence-corrected chi connectivity index (χ3v) is 9.98. The van der Waals surface area contributed by atoms with Crippen molar-refractivity contribution >= 4 is 31.2 Å². The Bertz CT molecular complexity index is 1200. The molecule has 3 rings (SSSR count). The van der Waals surface area contributed by atoms with Gasteiger partial charge in [-0.3, -0.25) is 0 Å². The summed E-state index contributed by atoms with van der Waals surface area (Å²) in [7, 11) is -6.21. The standard InChI is InChI=1S/C21H23NO5S3/c1-15-12-18(27-3)13-16(2)21(15)30(25,26)22-14-19(17-8-5-4-6-9-17)29(23,24)20-10-7-11-28-20/h4-13,19,22H,14H2,1-3H3/t19-/m1/s1. The zero-order valence-corrected chi connectivity index (χ0v) is 19.3. The predicted molar refractivity (Wildman–Crippen MR) is 118 cm³/mol. The molecule has 1 heterocycles. The number of methoxy groups -OCH3 is 1. The van der Waals surface area contributed by atoms with Crippen LogP contribution in [-0.4, -0.2) is 30.5 Å². The van der Waals surface area contributed by atoms with Gasteiger partial charge in [-0.2, -0.15) is 0 Å². The molecule has 0 saturated carbocycles. The fraction of sp³-hybridized carbons (Fsp3) is 0.238. The van der Waals surface area contributed by atoms with Gasteiger partial charge in [0, 0.05) is 6.54 Å². The summed E-state index contributed by atoms with van der Waals surface area (Å²) in [5, 5.41) is 0.634. The summed E-state index contributed by atoms with van der Waals surface area (Å²) in [4.78, 5) is 0.128. The van der Waals surface area contributed by atoms with Crippen LogP contribution in [0.2, 0.25) is 0 Å². The van der Waals surface area contributed by atoms with Gasteiger partial charge in [-0.25, -0.2) is 21.6 Å². The van der Waals surface area contributed by atoms with E-state index in [2.05, 4.69) is 4.72 Å². The first-order chi connectivity index (χ1) is 14.2. The van der Waals surface area contributed by atoms with Gasteiger partial charge in [0.15, 0.2) is 9.84 Å². The SMILES string of the molecule is COc1cc(C)c(S(=O)(=O)NC[C@H](c2ccccc2)S(=O)(=O)c2cccs2)c(C)c1. The maximum absolute atomic E-state index is 13.2. The number of hydrogen-bond acceptors (Lipinski definition) is 6. The number of hydrogen-bond donors (Lipinski definition) is 1. The average molecular weight is 466 g/mol. The van der Waals surface area contributed by atoms with E-state index in [9.17, 15) is 16.8 Å². The molecule has 1 N–H and O–H groups in total. The molecule has 1 aromatic heterocycles. The molecule has 6 nitrogen and oxygen atoms in total. The summed E-state index contributed by atoms with van der Waals surface area (Å²) >= 11 is 1.11. The van der Waals surface area contributed by atoms with Crippen LogP contribution in [0.5, 0.6) is 5.75 Å². The molecule has 2 aromatic carbocycles. The molecule has 0 amide bonds. The minimum absolute atomic E-state index is 0.128. The van der Waals surface area contributed by atoms with Gasteiger partial charge < -0.3 is 4.74 Å². The fourth-order valence-electron chi connectivity index (χ4n) is 3.35. The number of sulfone groups is 1. The van der Waals surface area contributed by atoms with Crippen molar-refractivity contribution in [3.63, 3.8) is 0 Å². The second kappa shape index (κ2) is 8.89. The topological polar surface area (TPSA) is 89.5 Å². The minimum atomic E-state index is -3.95. The van der Waals surface area contributed by atoms with Gasteiger partial charge in [0.2, 0.25) is 10.0 Å². The summed E-state index contributed by atoms with van der Waals surface area (Å²) in [6.45, 7) is 3.08. The zero-order valence-electron chi connectivity index (χ0n) is 16.8. The van der Waals surface area contributed by atoms with Gasteiger partial charge >= 0.3 is 0 Å². The second-order valence-corrected chi connectivity index (χ2v) is 11.8. The zero-order chi connectivity index (χ0) is 21.9. The summed E-state index contributed by atoms with van der Waals surface area (Å²) in [6, 6.07) is 15.1. The van der Waals surface area contributed by atoms with Gasteiger partial charge in [0.1, 0.15) is 15.2 Å². The van der Waals surface area contributed by atoms with E-state index >= 15 is 0 Å². The summed E-state index contributed by atoms with van der Waals surface area (Å²) < 4.78 is 60.5. The lowest BCUT2D eigenvalue weighted by atomic mass is 10.1. The number of thiophene rings is 1. The highest BCUT2D eigenvalue weighted by Gasteiger charge is 2.32. The highest BCUT2D eigenvalue weighted by atomic mass is 32.2. The molecule has 0 bridgehead atoms. The molecule has 0 aliphatic heterocycles. The maximum Gasteiger partial charge on any atom is 0.241 e. The van der Waals surface area contributed by atoms with Crippen LogP contribution >= 0.6 is 11.3 Å². The van der Waals surface area contributed by atoms with Crippen molar-refractivity contribution < 1.29 is 21.6 Å². The van der Waals surface area contributed by atoms with Crippen LogP contribution in [0.25, 0.3) is 0 Å². The van der Waals surface area contributed by atoms with Crippen LogP contribution in [0.3, 0.4) is 0 Å². The molecule has 1 atom stereocenters. The van der Waals surface area contributed by atoms with Gasteiger partial charge in [0.25, 0.3) is 0 Å². The quantitative estimate of drug-likeness (QED) is 0.546. The Morgan fingerprint density at radius 2 is 1.60 bits per heavy atom. The van der Waals surface area contributed by atoms with Crippen molar-refractivity contribution in [3.8, 4) is 5.75 Å². The summed E-state index contributed by atoms with van der Waals surface area (Å²) in [5.41, 5.74) is 1.57. The third-order valence-electron chi connectivity index (χ3n) is 4.72. The van der Waals surface area contributed by atoms with Gasteiger partial charge in [-0.1, -0.05) is 36.4 Å². The van der Waals surface area contributed by atoms with E-state index in [0.29, 0.717) is 22.4 Å². The van der Waals surface area contributed by atoms with E-state index < -0.39 is 25.1 Å². The Balaban J connectivity index is 1.97.